The lowest BCUT2D eigenvalue weighted by molar-refractivity contribution is -0.321. The van der Waals surface area contributed by atoms with Crippen molar-refractivity contribution < 1.29 is 52.2 Å². The smallest absolute Gasteiger partial charge is 0.356 e. The zero-order valence-corrected chi connectivity index (χ0v) is 17.5. The van der Waals surface area contributed by atoms with Crippen molar-refractivity contribution in [1.82, 2.24) is 15.5 Å². The molecule has 1 spiro atoms. The van der Waals surface area contributed by atoms with Gasteiger partial charge in [0.25, 0.3) is 0 Å². The molecule has 2 N–H and O–H groups in total. The van der Waals surface area contributed by atoms with Crippen molar-refractivity contribution in [3.8, 4) is 0 Å². The molecule has 0 bridgehead atoms. The Labute approximate surface area is 206 Å². The lowest BCUT2D eigenvalue weighted by Gasteiger charge is -2.27. The second-order valence-electron chi connectivity index (χ2n) is 8.55. The lowest BCUT2D eigenvalue weighted by Crippen LogP contribution is -2.52. The van der Waals surface area contributed by atoms with Crippen LogP contribution in [0.2, 0.25) is 0 Å². The molecule has 0 aromatic carbocycles. The first-order chi connectivity index (χ1) is 19.7. The SMILES string of the molecule is [2H]C([2H])([2H])C([2H])(C([2H])([2H])[2H])C([2H])([2H])C([2H])([2H])C(=O)N1CC2(CC2)C[C@H]1C(=O)N[C@@H](C[C@@H]1CCNC1=O)C(=O)COC(F)(F)F. The van der Waals surface area contributed by atoms with Crippen LogP contribution in [0.5, 0.6) is 0 Å². The number of alkyl halides is 3. The number of ether oxygens (including phenoxy) is 1. The van der Waals surface area contributed by atoms with Crippen molar-refractivity contribution in [2.24, 2.45) is 17.2 Å². The number of rotatable bonds is 10. The molecule has 2 saturated heterocycles. The fraction of sp³-hybridized carbons (Fsp3) is 0.818. The predicted octanol–water partition coefficient (Wildman–Crippen LogP) is 1.92. The van der Waals surface area contributed by atoms with Gasteiger partial charge in [-0.2, -0.15) is 0 Å². The Kier molecular flexibility index (Phi) is 4.32. The van der Waals surface area contributed by atoms with Crippen LogP contribution >= 0.6 is 0 Å². The summed E-state index contributed by atoms with van der Waals surface area (Å²) in [5.74, 6) is -9.74. The van der Waals surface area contributed by atoms with E-state index in [2.05, 4.69) is 15.4 Å². The molecule has 8 nitrogen and oxygen atoms in total. The summed E-state index contributed by atoms with van der Waals surface area (Å²) in [5, 5.41) is 4.70. The van der Waals surface area contributed by atoms with Crippen LogP contribution in [0.1, 0.15) is 73.6 Å². The minimum atomic E-state index is -5.19. The number of nitrogens with zero attached hydrogens (tertiary/aromatic N) is 1. The van der Waals surface area contributed by atoms with Crippen molar-refractivity contribution in [1.29, 1.82) is 0 Å². The number of hydrogen-bond acceptors (Lipinski definition) is 5. The Balaban J connectivity index is 1.93. The Bertz CT molecular complexity index is 1160. The van der Waals surface area contributed by atoms with Gasteiger partial charge in [0, 0.05) is 40.5 Å². The van der Waals surface area contributed by atoms with Gasteiger partial charge in [-0.15, -0.1) is 13.2 Å². The van der Waals surface area contributed by atoms with Gasteiger partial charge in [-0.3, -0.25) is 23.9 Å². The Morgan fingerprint density at radius 2 is 2.12 bits per heavy atom. The number of Topliss-reactive ketones (excluding diaryl/α,β-unsaturated/α-hetero) is 1. The van der Waals surface area contributed by atoms with E-state index >= 15 is 0 Å². The number of ketones is 1. The minimum absolute atomic E-state index is 0.141. The molecule has 186 valence electrons. The maximum absolute atomic E-state index is 13.6. The number of nitrogens with one attached hydrogen (secondary N) is 2. The van der Waals surface area contributed by atoms with E-state index in [1.54, 1.807) is 0 Å². The normalized spacial score (nSPS) is 31.7. The van der Waals surface area contributed by atoms with Gasteiger partial charge in [-0.05, 0) is 49.8 Å². The first-order valence-corrected chi connectivity index (χ1v) is 10.3. The molecule has 3 fully saturated rings. The van der Waals surface area contributed by atoms with Crippen LogP contribution < -0.4 is 10.6 Å². The summed E-state index contributed by atoms with van der Waals surface area (Å²) in [7, 11) is 0. The summed E-state index contributed by atoms with van der Waals surface area (Å²) in [4.78, 5) is 52.4. The molecule has 2 heterocycles. The van der Waals surface area contributed by atoms with Crippen LogP contribution in [-0.4, -0.2) is 66.5 Å². The molecule has 0 aromatic heterocycles. The maximum atomic E-state index is 13.6. The quantitative estimate of drug-likeness (QED) is 0.491. The van der Waals surface area contributed by atoms with Crippen LogP contribution in [0.15, 0.2) is 0 Å². The average Bonchev–Trinajstić information content (AvgIpc) is 3.33. The molecule has 2 aliphatic heterocycles. The van der Waals surface area contributed by atoms with Gasteiger partial charge in [-0.1, -0.05) is 13.7 Å². The fourth-order valence-electron chi connectivity index (χ4n) is 4.18. The summed E-state index contributed by atoms with van der Waals surface area (Å²) in [6.07, 6.45) is -12.9. The third-order valence-corrected chi connectivity index (χ3v) is 6.09. The third-order valence-electron chi connectivity index (χ3n) is 6.09. The van der Waals surface area contributed by atoms with E-state index in [9.17, 15) is 32.3 Å². The standard InChI is InChI=1S/C22H32F3N3O5/c1-13(2)3-4-18(30)28-12-21(6-7-21)10-16(28)20(32)27-15(9-14-5-8-26-19(14)31)17(29)11-33-22(23,24)25/h13-16H,3-12H2,1-2H3,(H,26,31)(H,27,32)/t14-,15-,16-/m0/s1/i1D3,2D3,3D2,4D2,13D. The highest BCUT2D eigenvalue weighted by molar-refractivity contribution is 5.94. The average molecular weight is 487 g/mol. The molecular formula is C22H32F3N3O5. The molecule has 1 aliphatic carbocycles. The zero-order chi connectivity index (χ0) is 33.9. The summed E-state index contributed by atoms with van der Waals surface area (Å²) in [6.45, 7) is -9.54. The molecule has 0 unspecified atom stereocenters. The fourth-order valence-corrected chi connectivity index (χ4v) is 4.18. The van der Waals surface area contributed by atoms with E-state index in [-0.39, 0.29) is 25.9 Å². The Hall–Kier alpha value is -2.17. The number of amides is 3. The maximum Gasteiger partial charge on any atom is 0.522 e. The minimum Gasteiger partial charge on any atom is -0.356 e. The number of carbonyl (C=O) groups is 4. The van der Waals surface area contributed by atoms with E-state index < -0.39 is 98.7 Å². The Morgan fingerprint density at radius 1 is 1.39 bits per heavy atom. The lowest BCUT2D eigenvalue weighted by atomic mass is 9.95. The van der Waals surface area contributed by atoms with Crippen molar-refractivity contribution in [2.75, 3.05) is 19.7 Å². The van der Waals surface area contributed by atoms with Gasteiger partial charge in [0.05, 0.1) is 6.04 Å². The van der Waals surface area contributed by atoms with E-state index in [4.69, 9.17) is 15.1 Å². The van der Waals surface area contributed by atoms with E-state index in [0.717, 1.165) is 0 Å². The molecule has 3 amide bonds. The summed E-state index contributed by atoms with van der Waals surface area (Å²) >= 11 is 0. The highest BCUT2D eigenvalue weighted by Gasteiger charge is 2.55. The van der Waals surface area contributed by atoms with Gasteiger partial charge >= 0.3 is 6.36 Å². The van der Waals surface area contributed by atoms with E-state index in [1.807, 2.05) is 0 Å². The predicted molar refractivity (Wildman–Crippen MR) is 111 cm³/mol. The summed E-state index contributed by atoms with van der Waals surface area (Å²) in [5.41, 5.74) is -0.739. The highest BCUT2D eigenvalue weighted by atomic mass is 19.4. The summed E-state index contributed by atoms with van der Waals surface area (Å²) in [6, 6.07) is -3.34. The second kappa shape index (κ2) is 9.99. The summed E-state index contributed by atoms with van der Waals surface area (Å²) < 4.78 is 128. The molecule has 3 atom stereocenters. The number of hydrogen-bond donors (Lipinski definition) is 2. The number of halogens is 3. The first kappa shape index (κ1) is 14.3. The number of likely N-dealkylation sites (tertiary alicyclic amines) is 1. The molecule has 11 heteroatoms. The van der Waals surface area contributed by atoms with E-state index in [1.165, 1.54) is 0 Å². The van der Waals surface area contributed by atoms with Crippen LogP contribution in [0.3, 0.4) is 0 Å². The largest absolute Gasteiger partial charge is 0.522 e. The highest BCUT2D eigenvalue weighted by Crippen LogP contribution is 2.55. The van der Waals surface area contributed by atoms with Gasteiger partial charge in [0.15, 0.2) is 5.78 Å². The second-order valence-corrected chi connectivity index (χ2v) is 8.55. The van der Waals surface area contributed by atoms with E-state index in [0.29, 0.717) is 17.7 Å². The van der Waals surface area contributed by atoms with Gasteiger partial charge in [0.2, 0.25) is 17.7 Å². The first-order valence-electron chi connectivity index (χ1n) is 15.8. The van der Waals surface area contributed by atoms with Gasteiger partial charge < -0.3 is 15.5 Å². The van der Waals surface area contributed by atoms with Crippen molar-refractivity contribution in [3.05, 3.63) is 0 Å². The van der Waals surface area contributed by atoms with Crippen molar-refractivity contribution in [2.45, 2.75) is 77.0 Å². The molecule has 33 heavy (non-hydrogen) atoms. The molecule has 0 radical (unpaired) electrons. The van der Waals surface area contributed by atoms with Gasteiger partial charge in [-0.25, -0.2) is 0 Å². The van der Waals surface area contributed by atoms with Crippen LogP contribution in [0, 0.1) is 17.2 Å². The van der Waals surface area contributed by atoms with Crippen molar-refractivity contribution in [3.63, 3.8) is 0 Å². The molecule has 1 saturated carbocycles. The molecule has 3 aliphatic rings. The molecule has 0 aromatic rings. The van der Waals surface area contributed by atoms with Crippen LogP contribution in [0.25, 0.3) is 0 Å². The Morgan fingerprint density at radius 3 is 2.70 bits per heavy atom. The monoisotopic (exact) mass is 486 g/mol. The van der Waals surface area contributed by atoms with Crippen molar-refractivity contribution >= 4 is 23.5 Å². The van der Waals surface area contributed by atoms with Crippen LogP contribution in [0.4, 0.5) is 13.2 Å². The number of carbonyl (C=O) groups excluding carboxylic acids is 4. The third kappa shape index (κ3) is 6.91. The molecule has 3 rings (SSSR count). The zero-order valence-electron chi connectivity index (χ0n) is 28.5. The molecular weight excluding hydrogens is 443 g/mol. The van der Waals surface area contributed by atoms with Gasteiger partial charge in [0.1, 0.15) is 12.6 Å². The van der Waals surface area contributed by atoms with Crippen LogP contribution in [-0.2, 0) is 23.9 Å². The topological polar surface area (TPSA) is 105 Å².